The first-order valence-corrected chi connectivity index (χ1v) is 15.6. The molecule has 1 aliphatic carbocycles. The second kappa shape index (κ2) is 11.6. The van der Waals surface area contributed by atoms with Gasteiger partial charge in [0.1, 0.15) is 0 Å². The molecule has 0 atom stereocenters. The van der Waals surface area contributed by atoms with Gasteiger partial charge in [-0.15, -0.1) is 0 Å². The van der Waals surface area contributed by atoms with Gasteiger partial charge in [0.2, 0.25) is 0 Å². The van der Waals surface area contributed by atoms with Gasteiger partial charge in [0.15, 0.2) is 0 Å². The van der Waals surface area contributed by atoms with E-state index < -0.39 is 0 Å². The number of rotatable bonds is 4. The van der Waals surface area contributed by atoms with E-state index in [9.17, 15) is 0 Å². The Morgan fingerprint density at radius 3 is 0.938 bits per heavy atom. The van der Waals surface area contributed by atoms with Gasteiger partial charge >= 0.3 is 0 Å². The van der Waals surface area contributed by atoms with Crippen LogP contribution in [0.25, 0.3) is 89.9 Å². The zero-order valence-electron chi connectivity index (χ0n) is 25.6. The van der Waals surface area contributed by atoms with Gasteiger partial charge in [0, 0.05) is 93.4 Å². The molecule has 224 valence electrons. The molecular formula is C41H25N7. The van der Waals surface area contributed by atoms with Crippen LogP contribution in [0.15, 0.2) is 153 Å². The maximum Gasteiger partial charge on any atom is 0.0810 e. The van der Waals surface area contributed by atoms with Gasteiger partial charge in [-0.05, 0) is 72.8 Å². The molecule has 0 fully saturated rings. The van der Waals surface area contributed by atoms with E-state index in [0.29, 0.717) is 0 Å². The van der Waals surface area contributed by atoms with Crippen molar-refractivity contribution >= 4 is 0 Å². The van der Waals surface area contributed by atoms with Crippen molar-refractivity contribution < 1.29 is 0 Å². The predicted molar refractivity (Wildman–Crippen MR) is 188 cm³/mol. The van der Waals surface area contributed by atoms with Crippen molar-refractivity contribution in [1.82, 2.24) is 34.9 Å². The van der Waals surface area contributed by atoms with E-state index in [1.807, 2.05) is 134 Å². The normalized spacial score (nSPS) is 11.3. The molecule has 9 rings (SSSR count). The van der Waals surface area contributed by atoms with Crippen LogP contribution in [0.4, 0.5) is 0 Å². The van der Waals surface area contributed by atoms with Crippen LogP contribution in [-0.2, 0) is 0 Å². The number of pyridine rings is 7. The lowest BCUT2D eigenvalue weighted by atomic mass is 9.76. The third kappa shape index (κ3) is 4.40. The van der Waals surface area contributed by atoms with Crippen molar-refractivity contribution in [2.45, 2.75) is 0 Å². The van der Waals surface area contributed by atoms with Gasteiger partial charge in [0.25, 0.3) is 0 Å². The number of hydrogen-bond donors (Lipinski definition) is 0. The summed E-state index contributed by atoms with van der Waals surface area (Å²) in [6.07, 6.45) is 12.8. The first-order chi connectivity index (χ1) is 23.9. The standard InChI is InChI=1S/C41H25N7/c1-5-19-42-29(15-1)33-34(30-16-2-6-20-43-30)36(32-18-4-8-22-45-32)38-37(35(33)31-17-3-7-21-44-31)40-27(13-10-24-47-40)26-12-9-23-46-39(26)28-14-11-25-48-41(28)38/h1-25H. The van der Waals surface area contributed by atoms with E-state index in [1.165, 1.54) is 0 Å². The summed E-state index contributed by atoms with van der Waals surface area (Å²) in [5.74, 6) is 0. The van der Waals surface area contributed by atoms with E-state index in [2.05, 4.69) is 18.2 Å². The summed E-state index contributed by atoms with van der Waals surface area (Å²) >= 11 is 0. The number of hydrogen-bond acceptors (Lipinski definition) is 7. The average Bonchev–Trinajstić information content (AvgIpc) is 3.17. The number of nitrogens with zero attached hydrogens (tertiary/aromatic N) is 7. The Morgan fingerprint density at radius 1 is 0.229 bits per heavy atom. The Hall–Kier alpha value is -6.73. The first kappa shape index (κ1) is 27.6. The molecule has 1 aromatic carbocycles. The van der Waals surface area contributed by atoms with E-state index >= 15 is 0 Å². The predicted octanol–water partition coefficient (Wildman–Crippen LogP) is 9.10. The topological polar surface area (TPSA) is 90.2 Å². The van der Waals surface area contributed by atoms with Crippen molar-refractivity contribution in [3.63, 3.8) is 0 Å². The zero-order valence-corrected chi connectivity index (χ0v) is 25.6. The number of fused-ring (bicyclic) bond motifs is 8. The van der Waals surface area contributed by atoms with Crippen molar-refractivity contribution in [2.24, 2.45) is 0 Å². The van der Waals surface area contributed by atoms with Crippen LogP contribution in [0.5, 0.6) is 0 Å². The Labute approximate surface area is 276 Å². The van der Waals surface area contributed by atoms with E-state index in [1.54, 1.807) is 0 Å². The molecule has 0 saturated heterocycles. The summed E-state index contributed by atoms with van der Waals surface area (Å²) in [4.78, 5) is 35.1. The monoisotopic (exact) mass is 615 g/mol. The molecular weight excluding hydrogens is 591 g/mol. The fourth-order valence-corrected chi connectivity index (χ4v) is 6.75. The highest BCUT2D eigenvalue weighted by atomic mass is 14.8. The highest BCUT2D eigenvalue weighted by Crippen LogP contribution is 2.57. The van der Waals surface area contributed by atoms with Gasteiger partial charge in [0.05, 0.1) is 39.9 Å². The zero-order chi connectivity index (χ0) is 31.9. The molecule has 7 aromatic heterocycles. The molecule has 1 aliphatic rings. The molecule has 7 nitrogen and oxygen atoms in total. The van der Waals surface area contributed by atoms with Gasteiger partial charge in [-0.3, -0.25) is 34.9 Å². The molecule has 7 heterocycles. The Balaban J connectivity index is 1.63. The van der Waals surface area contributed by atoms with Crippen LogP contribution in [0.1, 0.15) is 0 Å². The maximum absolute atomic E-state index is 5.15. The maximum atomic E-state index is 5.15. The third-order valence-corrected chi connectivity index (χ3v) is 8.63. The lowest BCUT2D eigenvalue weighted by Crippen LogP contribution is -2.08. The SMILES string of the molecule is c1ccc(-c2c(-c3ccccn3)c(-c3ccccn3)c3c(c2-c2ccccn2)-c2ncccc2-c2cccnc2-c2cccnc2-3)nc1. The molecule has 0 bridgehead atoms. The van der Waals surface area contributed by atoms with E-state index in [-0.39, 0.29) is 0 Å². The molecule has 0 aliphatic heterocycles. The highest BCUT2D eigenvalue weighted by molar-refractivity contribution is 6.16. The molecule has 0 saturated carbocycles. The molecule has 0 N–H and O–H groups in total. The summed E-state index contributed by atoms with van der Waals surface area (Å²) in [5, 5.41) is 0. The van der Waals surface area contributed by atoms with Crippen LogP contribution >= 0.6 is 0 Å². The minimum atomic E-state index is 0.770. The Bertz CT molecular complexity index is 2260. The molecule has 0 radical (unpaired) electrons. The molecule has 0 amide bonds. The largest absolute Gasteiger partial charge is 0.256 e. The number of benzene rings is 1. The van der Waals surface area contributed by atoms with Crippen LogP contribution in [0.3, 0.4) is 0 Å². The lowest BCUT2D eigenvalue weighted by Gasteiger charge is -2.29. The third-order valence-electron chi connectivity index (χ3n) is 8.63. The fourth-order valence-electron chi connectivity index (χ4n) is 6.75. The second-order valence-corrected chi connectivity index (χ2v) is 11.3. The molecule has 0 unspecified atom stereocenters. The van der Waals surface area contributed by atoms with Crippen LogP contribution in [-0.4, -0.2) is 34.9 Å². The average molecular weight is 616 g/mol. The summed E-state index contributed by atoms with van der Waals surface area (Å²) in [5.41, 5.74) is 13.6. The van der Waals surface area contributed by atoms with Crippen molar-refractivity contribution in [3.8, 4) is 89.9 Å². The van der Waals surface area contributed by atoms with Crippen molar-refractivity contribution in [3.05, 3.63) is 153 Å². The van der Waals surface area contributed by atoms with Crippen LogP contribution in [0.2, 0.25) is 0 Å². The summed E-state index contributed by atoms with van der Waals surface area (Å²) in [6.45, 7) is 0. The quantitative estimate of drug-likeness (QED) is 0.195. The minimum Gasteiger partial charge on any atom is -0.256 e. The molecule has 48 heavy (non-hydrogen) atoms. The lowest BCUT2D eigenvalue weighted by molar-refractivity contribution is 1.24. The minimum absolute atomic E-state index is 0.770. The van der Waals surface area contributed by atoms with E-state index in [0.717, 1.165) is 89.9 Å². The first-order valence-electron chi connectivity index (χ1n) is 15.6. The molecule has 0 spiro atoms. The Kier molecular flexibility index (Phi) is 6.64. The summed E-state index contributed by atoms with van der Waals surface area (Å²) < 4.78 is 0. The molecule has 8 aromatic rings. The smallest absolute Gasteiger partial charge is 0.0810 e. The van der Waals surface area contributed by atoms with Gasteiger partial charge in [-0.25, -0.2) is 0 Å². The summed E-state index contributed by atoms with van der Waals surface area (Å²) in [6, 6.07) is 36.1. The van der Waals surface area contributed by atoms with Crippen LogP contribution < -0.4 is 0 Å². The summed E-state index contributed by atoms with van der Waals surface area (Å²) in [7, 11) is 0. The highest BCUT2D eigenvalue weighted by Gasteiger charge is 2.35. The van der Waals surface area contributed by atoms with Gasteiger partial charge in [-0.2, -0.15) is 0 Å². The van der Waals surface area contributed by atoms with Crippen LogP contribution in [0, 0.1) is 0 Å². The van der Waals surface area contributed by atoms with Crippen molar-refractivity contribution in [2.75, 3.05) is 0 Å². The van der Waals surface area contributed by atoms with Gasteiger partial charge < -0.3 is 0 Å². The van der Waals surface area contributed by atoms with Gasteiger partial charge in [-0.1, -0.05) is 36.4 Å². The number of aromatic nitrogens is 7. The Morgan fingerprint density at radius 2 is 0.542 bits per heavy atom. The molecule has 7 heteroatoms. The van der Waals surface area contributed by atoms with E-state index in [4.69, 9.17) is 34.9 Å². The van der Waals surface area contributed by atoms with Crippen molar-refractivity contribution in [1.29, 1.82) is 0 Å². The fraction of sp³-hybridized carbons (Fsp3) is 0. The second-order valence-electron chi connectivity index (χ2n) is 11.3.